The standard InChI is InChI=1S/C7H16O.C4H10O/c1-6(2)7(3,4)8-5;1-3-4-5-2/h6H,1-5H3;3-4H2,1-2H3. The third-order valence-corrected chi connectivity index (χ3v) is 2.32. The molecule has 0 aromatic rings. The summed E-state index contributed by atoms with van der Waals surface area (Å²) in [5.74, 6) is 0.590. The minimum Gasteiger partial charge on any atom is -0.385 e. The molecule has 0 saturated heterocycles. The number of hydrogen-bond donors (Lipinski definition) is 0. The predicted octanol–water partition coefficient (Wildman–Crippen LogP) is 3.11. The molecule has 0 atom stereocenters. The lowest BCUT2D eigenvalue weighted by molar-refractivity contribution is -0.0156. The van der Waals surface area contributed by atoms with Gasteiger partial charge in [-0.3, -0.25) is 0 Å². The SMILES string of the molecule is CCCOC.COC(C)(C)C(C)C. The Labute approximate surface area is 83.6 Å². The summed E-state index contributed by atoms with van der Waals surface area (Å²) in [6.07, 6.45) is 1.12. The lowest BCUT2D eigenvalue weighted by Gasteiger charge is -2.26. The van der Waals surface area contributed by atoms with Gasteiger partial charge in [-0.2, -0.15) is 0 Å². The van der Waals surface area contributed by atoms with Crippen LogP contribution in [0, 0.1) is 5.92 Å². The maximum atomic E-state index is 5.20. The second kappa shape index (κ2) is 8.52. The van der Waals surface area contributed by atoms with Crippen molar-refractivity contribution in [3.05, 3.63) is 0 Å². The van der Waals surface area contributed by atoms with Gasteiger partial charge in [-0.1, -0.05) is 20.8 Å². The Morgan fingerprint density at radius 3 is 1.62 bits per heavy atom. The topological polar surface area (TPSA) is 18.5 Å². The molecule has 0 bridgehead atoms. The molecule has 0 aliphatic carbocycles. The minimum atomic E-state index is 0.0417. The van der Waals surface area contributed by atoms with Crippen molar-refractivity contribution in [1.29, 1.82) is 0 Å². The smallest absolute Gasteiger partial charge is 0.0645 e. The third-order valence-electron chi connectivity index (χ3n) is 2.32. The first-order chi connectivity index (χ1) is 5.92. The molecule has 0 fully saturated rings. The fraction of sp³-hybridized carbons (Fsp3) is 1.00. The first-order valence-corrected chi connectivity index (χ1v) is 4.96. The molecule has 0 aromatic carbocycles. The molecule has 0 aliphatic rings. The van der Waals surface area contributed by atoms with E-state index in [0.29, 0.717) is 5.92 Å². The highest BCUT2D eigenvalue weighted by Gasteiger charge is 2.20. The van der Waals surface area contributed by atoms with E-state index in [9.17, 15) is 0 Å². The van der Waals surface area contributed by atoms with Gasteiger partial charge in [-0.15, -0.1) is 0 Å². The third kappa shape index (κ3) is 9.84. The molecule has 82 valence electrons. The Kier molecular flexibility index (Phi) is 10.1. The van der Waals surface area contributed by atoms with Gasteiger partial charge in [-0.25, -0.2) is 0 Å². The largest absolute Gasteiger partial charge is 0.385 e. The molecule has 0 saturated carbocycles. The molecular weight excluding hydrogens is 164 g/mol. The van der Waals surface area contributed by atoms with Gasteiger partial charge in [0.2, 0.25) is 0 Å². The number of hydrogen-bond acceptors (Lipinski definition) is 2. The summed E-state index contributed by atoms with van der Waals surface area (Å²) >= 11 is 0. The van der Waals surface area contributed by atoms with E-state index in [0.717, 1.165) is 13.0 Å². The van der Waals surface area contributed by atoms with Crippen LogP contribution >= 0.6 is 0 Å². The van der Waals surface area contributed by atoms with Gasteiger partial charge >= 0.3 is 0 Å². The Bertz CT molecular complexity index is 96.3. The molecular formula is C11H26O2. The molecule has 0 spiro atoms. The monoisotopic (exact) mass is 190 g/mol. The van der Waals surface area contributed by atoms with Gasteiger partial charge in [0, 0.05) is 20.8 Å². The number of rotatable bonds is 4. The van der Waals surface area contributed by atoms with E-state index in [-0.39, 0.29) is 5.60 Å². The molecule has 0 unspecified atom stereocenters. The summed E-state index contributed by atoms with van der Waals surface area (Å²) in [6, 6.07) is 0. The fourth-order valence-corrected chi connectivity index (χ4v) is 0.440. The normalized spacial score (nSPS) is 11.1. The summed E-state index contributed by atoms with van der Waals surface area (Å²) in [5, 5.41) is 0. The quantitative estimate of drug-likeness (QED) is 0.678. The number of ether oxygens (including phenoxy) is 2. The van der Waals surface area contributed by atoms with Crippen molar-refractivity contribution in [1.82, 2.24) is 0 Å². The van der Waals surface area contributed by atoms with Crippen molar-refractivity contribution in [2.75, 3.05) is 20.8 Å². The van der Waals surface area contributed by atoms with E-state index in [2.05, 4.69) is 34.6 Å². The Morgan fingerprint density at radius 1 is 1.15 bits per heavy atom. The van der Waals surface area contributed by atoms with Gasteiger partial charge in [0.1, 0.15) is 0 Å². The van der Waals surface area contributed by atoms with Crippen molar-refractivity contribution in [2.45, 2.75) is 46.6 Å². The molecule has 2 heteroatoms. The van der Waals surface area contributed by atoms with Crippen LogP contribution in [0.25, 0.3) is 0 Å². The zero-order valence-electron chi connectivity index (χ0n) is 10.3. The molecule has 0 amide bonds. The highest BCUT2D eigenvalue weighted by atomic mass is 16.5. The Morgan fingerprint density at radius 2 is 1.62 bits per heavy atom. The van der Waals surface area contributed by atoms with E-state index in [1.54, 1.807) is 14.2 Å². The van der Waals surface area contributed by atoms with Crippen molar-refractivity contribution < 1.29 is 9.47 Å². The van der Waals surface area contributed by atoms with Crippen molar-refractivity contribution in [3.63, 3.8) is 0 Å². The van der Waals surface area contributed by atoms with Gasteiger partial charge in [0.15, 0.2) is 0 Å². The summed E-state index contributed by atoms with van der Waals surface area (Å²) in [7, 11) is 3.46. The molecule has 0 rings (SSSR count). The summed E-state index contributed by atoms with van der Waals surface area (Å²) in [6.45, 7) is 11.5. The molecule has 0 heterocycles. The highest BCUT2D eigenvalue weighted by molar-refractivity contribution is 4.70. The van der Waals surface area contributed by atoms with Crippen molar-refractivity contribution in [3.8, 4) is 0 Å². The molecule has 0 radical (unpaired) electrons. The fourth-order valence-electron chi connectivity index (χ4n) is 0.440. The van der Waals surface area contributed by atoms with Crippen molar-refractivity contribution >= 4 is 0 Å². The van der Waals surface area contributed by atoms with Crippen LogP contribution in [0.4, 0.5) is 0 Å². The summed E-state index contributed by atoms with van der Waals surface area (Å²) in [4.78, 5) is 0. The van der Waals surface area contributed by atoms with Crippen LogP contribution in [0.3, 0.4) is 0 Å². The molecule has 13 heavy (non-hydrogen) atoms. The molecule has 2 nitrogen and oxygen atoms in total. The zero-order valence-corrected chi connectivity index (χ0v) is 10.3. The van der Waals surface area contributed by atoms with Crippen LogP contribution in [-0.2, 0) is 9.47 Å². The van der Waals surface area contributed by atoms with Crippen LogP contribution in [-0.4, -0.2) is 26.4 Å². The number of methoxy groups -OCH3 is 2. The molecule has 0 N–H and O–H groups in total. The maximum Gasteiger partial charge on any atom is 0.0645 e. The van der Waals surface area contributed by atoms with Gasteiger partial charge in [-0.05, 0) is 26.2 Å². The van der Waals surface area contributed by atoms with Gasteiger partial charge < -0.3 is 9.47 Å². The first kappa shape index (κ1) is 15.4. The maximum absolute atomic E-state index is 5.20. The Balaban J connectivity index is 0. The Hall–Kier alpha value is -0.0800. The van der Waals surface area contributed by atoms with Crippen LogP contribution in [0.15, 0.2) is 0 Å². The zero-order chi connectivity index (χ0) is 10.9. The van der Waals surface area contributed by atoms with Crippen LogP contribution in [0.2, 0.25) is 0 Å². The minimum absolute atomic E-state index is 0.0417. The van der Waals surface area contributed by atoms with E-state index >= 15 is 0 Å². The van der Waals surface area contributed by atoms with E-state index in [4.69, 9.17) is 9.47 Å². The average Bonchev–Trinajstić information content (AvgIpc) is 2.07. The van der Waals surface area contributed by atoms with E-state index < -0.39 is 0 Å². The predicted molar refractivity (Wildman–Crippen MR) is 58.1 cm³/mol. The van der Waals surface area contributed by atoms with Gasteiger partial charge in [0.25, 0.3) is 0 Å². The van der Waals surface area contributed by atoms with Crippen molar-refractivity contribution in [2.24, 2.45) is 5.92 Å². The van der Waals surface area contributed by atoms with Gasteiger partial charge in [0.05, 0.1) is 5.60 Å². The molecule has 0 aromatic heterocycles. The van der Waals surface area contributed by atoms with Crippen LogP contribution in [0.1, 0.15) is 41.0 Å². The summed E-state index contributed by atoms with van der Waals surface area (Å²) in [5.41, 5.74) is 0.0417. The molecule has 0 aliphatic heterocycles. The van der Waals surface area contributed by atoms with E-state index in [1.807, 2.05) is 0 Å². The van der Waals surface area contributed by atoms with Crippen LogP contribution in [0.5, 0.6) is 0 Å². The average molecular weight is 190 g/mol. The van der Waals surface area contributed by atoms with E-state index in [1.165, 1.54) is 0 Å². The summed E-state index contributed by atoms with van der Waals surface area (Å²) < 4.78 is 9.89. The second-order valence-corrected chi connectivity index (χ2v) is 3.96. The lowest BCUT2D eigenvalue weighted by Crippen LogP contribution is -2.29. The lowest BCUT2D eigenvalue weighted by atomic mass is 9.95. The van der Waals surface area contributed by atoms with Crippen LogP contribution < -0.4 is 0 Å². The second-order valence-electron chi connectivity index (χ2n) is 3.96. The first-order valence-electron chi connectivity index (χ1n) is 4.96. The highest BCUT2D eigenvalue weighted by Crippen LogP contribution is 2.18.